The molecule has 1 aromatic heterocycles. The van der Waals surface area contributed by atoms with E-state index in [1.165, 1.54) is 12.1 Å². The van der Waals surface area contributed by atoms with E-state index < -0.39 is 0 Å². The Morgan fingerprint density at radius 1 is 1.25 bits per heavy atom. The maximum absolute atomic E-state index is 13.4. The third kappa shape index (κ3) is 5.44. The summed E-state index contributed by atoms with van der Waals surface area (Å²) < 4.78 is 24.3. The zero-order valence-electron chi connectivity index (χ0n) is 17.9. The first-order chi connectivity index (χ1) is 15.5. The van der Waals surface area contributed by atoms with Crippen molar-refractivity contribution in [2.24, 2.45) is 0 Å². The molecule has 0 amide bonds. The van der Waals surface area contributed by atoms with Crippen LogP contribution in [0.5, 0.6) is 5.75 Å². The number of aromatic amines is 1. The van der Waals surface area contributed by atoms with Crippen LogP contribution in [-0.2, 0) is 17.8 Å². The fourth-order valence-corrected chi connectivity index (χ4v) is 4.02. The van der Waals surface area contributed by atoms with Gasteiger partial charge in [-0.25, -0.2) is 4.39 Å². The summed E-state index contributed by atoms with van der Waals surface area (Å²) in [5.74, 6) is 0.423. The molecule has 2 heterocycles. The molecule has 0 radical (unpaired) electrons. The zero-order chi connectivity index (χ0) is 22.5. The van der Waals surface area contributed by atoms with E-state index in [1.54, 1.807) is 19.2 Å². The Kier molecular flexibility index (Phi) is 7.02. The molecule has 32 heavy (non-hydrogen) atoms. The van der Waals surface area contributed by atoms with Gasteiger partial charge in [-0.05, 0) is 67.0 Å². The Labute approximate surface area is 191 Å². The highest BCUT2D eigenvalue weighted by atomic mass is 32.1. The number of H-pyrrole nitrogens is 1. The number of benzene rings is 2. The molecule has 0 aliphatic carbocycles. The molecule has 0 unspecified atom stereocenters. The number of thiocarbonyl (C=S) groups is 1. The lowest BCUT2D eigenvalue weighted by atomic mass is 10.1. The SMILES string of the molecule is COc1ccc2[nH]c(=O)c(CN(Cc3ccc(F)cc3)C(=S)NC[C@@H]3CCCO3)cc2c1. The molecule has 0 bridgehead atoms. The minimum Gasteiger partial charge on any atom is -0.497 e. The zero-order valence-corrected chi connectivity index (χ0v) is 18.7. The van der Waals surface area contributed by atoms with Crippen molar-refractivity contribution in [3.8, 4) is 5.75 Å². The van der Waals surface area contributed by atoms with Gasteiger partial charge in [-0.3, -0.25) is 4.79 Å². The van der Waals surface area contributed by atoms with Crippen LogP contribution >= 0.6 is 12.2 Å². The molecule has 6 nitrogen and oxygen atoms in total. The van der Waals surface area contributed by atoms with Crippen LogP contribution < -0.4 is 15.6 Å². The first-order valence-electron chi connectivity index (χ1n) is 10.6. The van der Waals surface area contributed by atoms with E-state index in [9.17, 15) is 9.18 Å². The summed E-state index contributed by atoms with van der Waals surface area (Å²) in [6.07, 6.45) is 2.19. The molecular formula is C24H26FN3O3S. The first kappa shape index (κ1) is 22.2. The minimum atomic E-state index is -0.292. The summed E-state index contributed by atoms with van der Waals surface area (Å²) in [6, 6.07) is 13.7. The van der Waals surface area contributed by atoms with E-state index in [1.807, 2.05) is 29.2 Å². The van der Waals surface area contributed by atoms with Gasteiger partial charge >= 0.3 is 0 Å². The van der Waals surface area contributed by atoms with Crippen molar-refractivity contribution in [3.05, 3.63) is 75.8 Å². The molecule has 2 N–H and O–H groups in total. The highest BCUT2D eigenvalue weighted by Gasteiger charge is 2.18. The van der Waals surface area contributed by atoms with E-state index in [0.717, 1.165) is 35.9 Å². The number of nitrogens with one attached hydrogen (secondary N) is 2. The van der Waals surface area contributed by atoms with Crippen molar-refractivity contribution in [2.45, 2.75) is 32.0 Å². The molecule has 8 heteroatoms. The monoisotopic (exact) mass is 455 g/mol. The van der Waals surface area contributed by atoms with Gasteiger partial charge in [-0.15, -0.1) is 0 Å². The van der Waals surface area contributed by atoms with Crippen LogP contribution in [0.25, 0.3) is 10.9 Å². The summed E-state index contributed by atoms with van der Waals surface area (Å²) in [4.78, 5) is 17.6. The Hall–Kier alpha value is -2.97. The molecule has 0 spiro atoms. The summed E-state index contributed by atoms with van der Waals surface area (Å²) in [5.41, 5.74) is 2.04. The van der Waals surface area contributed by atoms with Gasteiger partial charge in [0.1, 0.15) is 11.6 Å². The molecule has 1 saturated heterocycles. The highest BCUT2D eigenvalue weighted by molar-refractivity contribution is 7.80. The van der Waals surface area contributed by atoms with E-state index in [0.29, 0.717) is 36.1 Å². The second-order valence-corrected chi connectivity index (χ2v) is 8.27. The lowest BCUT2D eigenvalue weighted by molar-refractivity contribution is 0.113. The second kappa shape index (κ2) is 10.1. The van der Waals surface area contributed by atoms with E-state index in [-0.39, 0.29) is 17.5 Å². The van der Waals surface area contributed by atoms with Gasteiger partial charge < -0.3 is 24.7 Å². The van der Waals surface area contributed by atoms with Crippen molar-refractivity contribution in [3.63, 3.8) is 0 Å². The molecule has 4 rings (SSSR count). The Morgan fingerprint density at radius 3 is 2.78 bits per heavy atom. The maximum atomic E-state index is 13.4. The van der Waals surface area contributed by atoms with Gasteiger partial charge in [0.05, 0.1) is 19.8 Å². The average molecular weight is 456 g/mol. The Bertz CT molecular complexity index is 1140. The van der Waals surface area contributed by atoms with Crippen LogP contribution in [0.15, 0.2) is 53.3 Å². The van der Waals surface area contributed by atoms with Crippen molar-refractivity contribution in [2.75, 3.05) is 20.3 Å². The van der Waals surface area contributed by atoms with E-state index >= 15 is 0 Å². The average Bonchev–Trinajstić information content (AvgIpc) is 3.32. The molecule has 1 atom stereocenters. The molecule has 3 aromatic rings. The summed E-state index contributed by atoms with van der Waals surface area (Å²) in [6.45, 7) is 2.13. The fraction of sp³-hybridized carbons (Fsp3) is 0.333. The standard InChI is InChI=1S/C24H26FN3O3S/c1-30-20-8-9-22-17(12-20)11-18(23(29)27-22)15-28(14-16-4-6-19(25)7-5-16)24(32)26-13-21-3-2-10-31-21/h4-9,11-12,21H,2-3,10,13-15H2,1H3,(H,26,32)(H,27,29)/t21-/m0/s1. The van der Waals surface area contributed by atoms with Crippen LogP contribution in [0.3, 0.4) is 0 Å². The molecule has 1 aliphatic rings. The molecule has 1 fully saturated rings. The van der Waals surface area contributed by atoms with Crippen LogP contribution in [0, 0.1) is 5.82 Å². The third-order valence-electron chi connectivity index (χ3n) is 5.57. The smallest absolute Gasteiger partial charge is 0.253 e. The van der Waals surface area contributed by atoms with Crippen LogP contribution in [0.4, 0.5) is 4.39 Å². The summed E-state index contributed by atoms with van der Waals surface area (Å²) >= 11 is 5.67. The lowest BCUT2D eigenvalue weighted by Crippen LogP contribution is -2.42. The summed E-state index contributed by atoms with van der Waals surface area (Å²) in [5, 5.41) is 4.67. The predicted molar refractivity (Wildman–Crippen MR) is 126 cm³/mol. The van der Waals surface area contributed by atoms with E-state index in [2.05, 4.69) is 10.3 Å². The molecular weight excluding hydrogens is 429 g/mol. The first-order valence-corrected chi connectivity index (χ1v) is 11.0. The number of ether oxygens (including phenoxy) is 2. The van der Waals surface area contributed by atoms with Crippen molar-refractivity contribution < 1.29 is 13.9 Å². The number of halogens is 1. The van der Waals surface area contributed by atoms with Crippen molar-refractivity contribution in [1.29, 1.82) is 0 Å². The Morgan fingerprint density at radius 2 is 2.06 bits per heavy atom. The van der Waals surface area contributed by atoms with Gasteiger partial charge in [0.2, 0.25) is 0 Å². The fourth-order valence-electron chi connectivity index (χ4n) is 3.81. The van der Waals surface area contributed by atoms with Crippen LogP contribution in [0.1, 0.15) is 24.0 Å². The van der Waals surface area contributed by atoms with E-state index in [4.69, 9.17) is 21.7 Å². The predicted octanol–water partition coefficient (Wildman–Crippen LogP) is 3.73. The number of hydrogen-bond acceptors (Lipinski definition) is 4. The number of hydrogen-bond donors (Lipinski definition) is 2. The van der Waals surface area contributed by atoms with Crippen molar-refractivity contribution >= 4 is 28.2 Å². The quantitative estimate of drug-likeness (QED) is 0.530. The summed E-state index contributed by atoms with van der Waals surface area (Å²) in [7, 11) is 1.61. The Balaban J connectivity index is 1.58. The second-order valence-electron chi connectivity index (χ2n) is 7.88. The molecule has 168 valence electrons. The van der Waals surface area contributed by atoms with Crippen LogP contribution in [-0.4, -0.2) is 41.4 Å². The number of fused-ring (bicyclic) bond motifs is 1. The number of rotatable bonds is 7. The maximum Gasteiger partial charge on any atom is 0.253 e. The van der Waals surface area contributed by atoms with Gasteiger partial charge in [0, 0.05) is 36.2 Å². The third-order valence-corrected chi connectivity index (χ3v) is 5.97. The number of pyridine rings is 1. The molecule has 0 saturated carbocycles. The van der Waals surface area contributed by atoms with Crippen molar-refractivity contribution in [1.82, 2.24) is 15.2 Å². The van der Waals surface area contributed by atoms with Gasteiger partial charge in [-0.2, -0.15) is 0 Å². The molecule has 1 aliphatic heterocycles. The lowest BCUT2D eigenvalue weighted by Gasteiger charge is -2.27. The molecule has 2 aromatic carbocycles. The number of methoxy groups -OCH3 is 1. The number of nitrogens with zero attached hydrogens (tertiary/aromatic N) is 1. The van der Waals surface area contributed by atoms with Gasteiger partial charge in [0.25, 0.3) is 5.56 Å². The minimum absolute atomic E-state index is 0.136. The topological polar surface area (TPSA) is 66.6 Å². The van der Waals surface area contributed by atoms with Gasteiger partial charge in [0.15, 0.2) is 5.11 Å². The largest absolute Gasteiger partial charge is 0.497 e. The number of aromatic nitrogens is 1. The van der Waals surface area contributed by atoms with Gasteiger partial charge in [-0.1, -0.05) is 12.1 Å². The normalized spacial score (nSPS) is 15.6. The van der Waals surface area contributed by atoms with Crippen LogP contribution in [0.2, 0.25) is 0 Å². The highest BCUT2D eigenvalue weighted by Crippen LogP contribution is 2.20.